The van der Waals surface area contributed by atoms with Gasteiger partial charge in [0.2, 0.25) is 5.91 Å². The van der Waals surface area contributed by atoms with Crippen LogP contribution >= 0.6 is 11.6 Å². The fourth-order valence-corrected chi connectivity index (χ4v) is 3.69. The first-order valence-corrected chi connectivity index (χ1v) is 8.84. The number of rotatable bonds is 4. The number of ether oxygens (including phenoxy) is 1. The van der Waals surface area contributed by atoms with E-state index in [1.54, 1.807) is 13.2 Å². The molecule has 25 heavy (non-hydrogen) atoms. The van der Waals surface area contributed by atoms with Crippen molar-refractivity contribution < 1.29 is 9.53 Å². The average Bonchev–Trinajstić information content (AvgIpc) is 2.60. The molecule has 0 aromatic heterocycles. The number of nitrogens with zero attached hydrogens (tertiary/aromatic N) is 1. The zero-order valence-electron chi connectivity index (χ0n) is 14.5. The van der Waals surface area contributed by atoms with E-state index in [-0.39, 0.29) is 12.3 Å². The van der Waals surface area contributed by atoms with Crippen LogP contribution in [0.15, 0.2) is 42.5 Å². The summed E-state index contributed by atoms with van der Waals surface area (Å²) < 4.78 is 5.16. The van der Waals surface area contributed by atoms with Gasteiger partial charge in [-0.05, 0) is 41.7 Å². The van der Waals surface area contributed by atoms with Crippen LogP contribution in [-0.4, -0.2) is 19.6 Å². The first-order valence-electron chi connectivity index (χ1n) is 8.47. The number of carbonyl (C=O) groups excluding carboxylic acids is 1. The normalized spacial score (nSPS) is 17.8. The van der Waals surface area contributed by atoms with Crippen molar-refractivity contribution in [1.82, 2.24) is 0 Å². The third-order valence-electron chi connectivity index (χ3n) is 4.65. The van der Waals surface area contributed by atoms with Gasteiger partial charge in [0.05, 0.1) is 7.11 Å². The van der Waals surface area contributed by atoms with E-state index in [1.165, 1.54) is 5.56 Å². The van der Waals surface area contributed by atoms with Crippen LogP contribution in [0.5, 0.6) is 5.75 Å². The van der Waals surface area contributed by atoms with Gasteiger partial charge in [-0.15, -0.1) is 0 Å². The Balaban J connectivity index is 1.78. The molecule has 132 valence electrons. The summed E-state index contributed by atoms with van der Waals surface area (Å²) in [6.45, 7) is 2.88. The van der Waals surface area contributed by atoms with E-state index in [4.69, 9.17) is 22.1 Å². The molecule has 0 saturated carbocycles. The Kier molecular flexibility index (Phi) is 5.30. The lowest BCUT2D eigenvalue weighted by Gasteiger charge is -2.34. The Morgan fingerprint density at radius 1 is 1.36 bits per heavy atom. The van der Waals surface area contributed by atoms with Gasteiger partial charge in [0.25, 0.3) is 0 Å². The summed E-state index contributed by atoms with van der Waals surface area (Å²) in [5, 5.41) is 0.520. The number of benzene rings is 2. The van der Waals surface area contributed by atoms with Crippen LogP contribution in [0.4, 0.5) is 5.69 Å². The molecule has 0 fully saturated rings. The molecule has 1 amide bonds. The lowest BCUT2D eigenvalue weighted by molar-refractivity contribution is -0.119. The van der Waals surface area contributed by atoms with E-state index in [0.29, 0.717) is 16.7 Å². The van der Waals surface area contributed by atoms with Gasteiger partial charge in [-0.1, -0.05) is 42.8 Å². The first-order chi connectivity index (χ1) is 12.0. The largest absolute Gasteiger partial charge is 0.497 e. The van der Waals surface area contributed by atoms with Gasteiger partial charge in [0.15, 0.2) is 0 Å². The number of halogens is 1. The van der Waals surface area contributed by atoms with Crippen LogP contribution in [0.3, 0.4) is 0 Å². The Morgan fingerprint density at radius 2 is 2.12 bits per heavy atom. The summed E-state index contributed by atoms with van der Waals surface area (Å²) in [5.74, 6) is 1.13. The molecule has 0 saturated heterocycles. The van der Waals surface area contributed by atoms with Gasteiger partial charge in [-0.3, -0.25) is 4.79 Å². The fraction of sp³-hybridized carbons (Fsp3) is 0.350. The minimum atomic E-state index is -0.449. The van der Waals surface area contributed by atoms with Crippen LogP contribution in [0.2, 0.25) is 5.02 Å². The van der Waals surface area contributed by atoms with Gasteiger partial charge in [-0.2, -0.15) is 0 Å². The van der Waals surface area contributed by atoms with Gasteiger partial charge in [0.1, 0.15) is 5.75 Å². The van der Waals surface area contributed by atoms with Crippen molar-refractivity contribution in [2.45, 2.75) is 25.8 Å². The number of nitrogens with two attached hydrogens (primary N) is 1. The Bertz CT molecular complexity index is 778. The zero-order chi connectivity index (χ0) is 18.0. The first kappa shape index (κ1) is 17.8. The minimum Gasteiger partial charge on any atom is -0.497 e. The summed E-state index contributed by atoms with van der Waals surface area (Å²) in [6.07, 6.45) is 1.21. The van der Waals surface area contributed by atoms with E-state index < -0.39 is 6.04 Å². The molecule has 1 heterocycles. The second-order valence-electron chi connectivity index (χ2n) is 6.64. The highest BCUT2D eigenvalue weighted by Gasteiger charge is 2.27. The molecule has 1 aliphatic rings. The van der Waals surface area contributed by atoms with E-state index >= 15 is 0 Å². The molecule has 0 radical (unpaired) electrons. The Morgan fingerprint density at radius 3 is 2.84 bits per heavy atom. The maximum Gasteiger partial charge on any atom is 0.228 e. The van der Waals surface area contributed by atoms with Crippen LogP contribution in [0.1, 0.15) is 30.5 Å². The molecule has 0 bridgehead atoms. The summed E-state index contributed by atoms with van der Waals surface area (Å²) in [4.78, 5) is 14.8. The average molecular weight is 359 g/mol. The van der Waals surface area contributed by atoms with Crippen LogP contribution in [-0.2, 0) is 11.2 Å². The van der Waals surface area contributed by atoms with Gasteiger partial charge < -0.3 is 15.4 Å². The summed E-state index contributed by atoms with van der Waals surface area (Å²) in [7, 11) is 1.59. The number of amides is 1. The third kappa shape index (κ3) is 3.80. The molecule has 0 aliphatic carbocycles. The highest BCUT2D eigenvalue weighted by Crippen LogP contribution is 2.32. The molecule has 3 rings (SSSR count). The van der Waals surface area contributed by atoms with Gasteiger partial charge >= 0.3 is 0 Å². The summed E-state index contributed by atoms with van der Waals surface area (Å²) in [5.41, 5.74) is 9.25. The van der Waals surface area contributed by atoms with Gasteiger partial charge in [-0.25, -0.2) is 0 Å². The lowest BCUT2D eigenvalue weighted by atomic mass is 9.93. The molecular weight excluding hydrogens is 336 g/mol. The van der Waals surface area contributed by atoms with E-state index in [2.05, 4.69) is 13.0 Å². The molecule has 1 aliphatic heterocycles. The zero-order valence-corrected chi connectivity index (χ0v) is 15.3. The van der Waals surface area contributed by atoms with Crippen molar-refractivity contribution in [2.24, 2.45) is 11.7 Å². The standard InChI is InChI=1S/C20H23ClN2O2/c1-13-9-14-5-3-4-6-19(14)23(12-13)20(24)11-18(22)16-8-7-15(25-2)10-17(16)21/h3-8,10,13,18H,9,11-12,22H2,1-2H3. The monoisotopic (exact) mass is 358 g/mol. The number of methoxy groups -OCH3 is 1. The molecule has 0 spiro atoms. The highest BCUT2D eigenvalue weighted by atomic mass is 35.5. The Hall–Kier alpha value is -2.04. The van der Waals surface area contributed by atoms with Crippen LogP contribution in [0.25, 0.3) is 0 Å². The number of anilines is 1. The third-order valence-corrected chi connectivity index (χ3v) is 4.98. The molecule has 2 atom stereocenters. The quantitative estimate of drug-likeness (QED) is 0.899. The topological polar surface area (TPSA) is 55.6 Å². The molecule has 2 aromatic rings. The maximum atomic E-state index is 12.9. The number of fused-ring (bicyclic) bond motifs is 1. The molecule has 2 aromatic carbocycles. The lowest BCUT2D eigenvalue weighted by Crippen LogP contribution is -2.40. The molecular formula is C20H23ClN2O2. The number of para-hydroxylation sites is 1. The minimum absolute atomic E-state index is 0.0263. The molecule has 5 heteroatoms. The number of carbonyl (C=O) groups is 1. The van der Waals surface area contributed by atoms with Crippen molar-refractivity contribution >= 4 is 23.2 Å². The predicted molar refractivity (Wildman–Crippen MR) is 101 cm³/mol. The van der Waals surface area contributed by atoms with E-state index in [0.717, 1.165) is 24.2 Å². The molecule has 4 nitrogen and oxygen atoms in total. The van der Waals surface area contributed by atoms with Crippen molar-refractivity contribution in [1.29, 1.82) is 0 Å². The van der Waals surface area contributed by atoms with Crippen molar-refractivity contribution in [3.63, 3.8) is 0 Å². The maximum absolute atomic E-state index is 12.9. The van der Waals surface area contributed by atoms with Crippen molar-refractivity contribution in [3.05, 3.63) is 58.6 Å². The van der Waals surface area contributed by atoms with Crippen molar-refractivity contribution in [2.75, 3.05) is 18.6 Å². The number of hydrogen-bond donors (Lipinski definition) is 1. The molecule has 2 unspecified atom stereocenters. The SMILES string of the molecule is COc1ccc(C(N)CC(=O)N2CC(C)Cc3ccccc32)c(Cl)c1. The van der Waals surface area contributed by atoms with Crippen LogP contribution < -0.4 is 15.4 Å². The van der Waals surface area contributed by atoms with Gasteiger partial charge in [0, 0.05) is 29.7 Å². The second kappa shape index (κ2) is 7.46. The summed E-state index contributed by atoms with van der Waals surface area (Å²) in [6, 6.07) is 13.0. The highest BCUT2D eigenvalue weighted by molar-refractivity contribution is 6.31. The van der Waals surface area contributed by atoms with E-state index in [9.17, 15) is 4.79 Å². The second-order valence-corrected chi connectivity index (χ2v) is 7.05. The Labute approximate surface area is 153 Å². The number of hydrogen-bond acceptors (Lipinski definition) is 3. The fourth-order valence-electron chi connectivity index (χ4n) is 3.38. The van der Waals surface area contributed by atoms with Crippen LogP contribution in [0, 0.1) is 5.92 Å². The molecule has 2 N–H and O–H groups in total. The summed E-state index contributed by atoms with van der Waals surface area (Å²) >= 11 is 6.29. The van der Waals surface area contributed by atoms with Crippen molar-refractivity contribution in [3.8, 4) is 5.75 Å². The smallest absolute Gasteiger partial charge is 0.228 e. The van der Waals surface area contributed by atoms with E-state index in [1.807, 2.05) is 35.2 Å². The predicted octanol–water partition coefficient (Wildman–Crippen LogP) is 3.96.